The highest BCUT2D eigenvalue weighted by atomic mass is 32.2. The van der Waals surface area contributed by atoms with Crippen LogP contribution >= 0.6 is 0 Å². The molecule has 0 aliphatic rings. The minimum absolute atomic E-state index is 0.0321. The summed E-state index contributed by atoms with van der Waals surface area (Å²) in [5.41, 5.74) is 6.81. The molecule has 0 fully saturated rings. The third kappa shape index (κ3) is 5.38. The Morgan fingerprint density at radius 3 is 2.11 bits per heavy atom. The molecule has 9 heteroatoms. The molecule has 0 bridgehead atoms. The topological polar surface area (TPSA) is 133 Å². The van der Waals surface area contributed by atoms with Gasteiger partial charge in [0.05, 0.1) is 16.6 Å². The average Bonchev–Trinajstić information content (AvgIpc) is 2.66. The zero-order chi connectivity index (χ0) is 20.9. The molecular formula is C19H23N3O5S. The van der Waals surface area contributed by atoms with Crippen LogP contribution in [0.15, 0.2) is 59.5 Å². The fraction of sp³-hybridized carbons (Fsp3) is 0.263. The molecule has 150 valence electrons. The molecule has 0 unspecified atom stereocenters. The van der Waals surface area contributed by atoms with Gasteiger partial charge < -0.3 is 10.5 Å². The first kappa shape index (κ1) is 21.5. The first-order chi connectivity index (χ1) is 13.1. The lowest BCUT2D eigenvalue weighted by molar-refractivity contribution is -0.120. The van der Waals surface area contributed by atoms with Crippen molar-refractivity contribution >= 4 is 27.7 Å². The Balaban J connectivity index is 2.31. The molecule has 28 heavy (non-hydrogen) atoms. The quantitative estimate of drug-likeness (QED) is 0.755. The van der Waals surface area contributed by atoms with Crippen molar-refractivity contribution < 1.29 is 22.7 Å². The second kappa shape index (κ2) is 8.96. The van der Waals surface area contributed by atoms with E-state index in [1.807, 2.05) is 6.07 Å². The molecule has 0 aromatic heterocycles. The van der Waals surface area contributed by atoms with Gasteiger partial charge in [0.15, 0.2) is 0 Å². The zero-order valence-corrected chi connectivity index (χ0v) is 16.4. The van der Waals surface area contributed by atoms with Gasteiger partial charge in [0.2, 0.25) is 10.0 Å². The van der Waals surface area contributed by atoms with Crippen LogP contribution in [-0.2, 0) is 26.2 Å². The van der Waals surface area contributed by atoms with Crippen LogP contribution < -0.4 is 15.8 Å². The van der Waals surface area contributed by atoms with E-state index >= 15 is 0 Å². The SMILES string of the molecule is CC(C)[C@H](N)C(=O)N(C(=O)OCc1ccccc1)c1ccc(S(N)(=O)=O)cc1. The second-order valence-corrected chi connectivity index (χ2v) is 8.08. The summed E-state index contributed by atoms with van der Waals surface area (Å²) >= 11 is 0. The molecule has 2 aromatic rings. The van der Waals surface area contributed by atoms with Crippen molar-refractivity contribution in [1.82, 2.24) is 0 Å². The van der Waals surface area contributed by atoms with Crippen LogP contribution in [0.5, 0.6) is 0 Å². The summed E-state index contributed by atoms with van der Waals surface area (Å²) in [6.07, 6.45) is -0.909. The lowest BCUT2D eigenvalue weighted by Crippen LogP contribution is -2.49. The van der Waals surface area contributed by atoms with Crippen molar-refractivity contribution in [2.75, 3.05) is 4.90 Å². The number of ether oxygens (including phenoxy) is 1. The number of nitrogens with zero attached hydrogens (tertiary/aromatic N) is 1. The highest BCUT2D eigenvalue weighted by molar-refractivity contribution is 7.89. The molecule has 2 rings (SSSR count). The van der Waals surface area contributed by atoms with Crippen LogP contribution in [0.25, 0.3) is 0 Å². The molecule has 0 saturated heterocycles. The Kier molecular flexibility index (Phi) is 6.90. The summed E-state index contributed by atoms with van der Waals surface area (Å²) in [7, 11) is -3.91. The summed E-state index contributed by atoms with van der Waals surface area (Å²) in [5.74, 6) is -0.878. The maximum Gasteiger partial charge on any atom is 0.421 e. The predicted molar refractivity (Wildman–Crippen MR) is 105 cm³/mol. The van der Waals surface area contributed by atoms with Crippen molar-refractivity contribution in [3.63, 3.8) is 0 Å². The van der Waals surface area contributed by atoms with Crippen molar-refractivity contribution in [3.05, 3.63) is 60.2 Å². The molecule has 0 heterocycles. The number of hydrogen-bond acceptors (Lipinski definition) is 6. The lowest BCUT2D eigenvalue weighted by Gasteiger charge is -2.25. The number of benzene rings is 2. The number of nitrogens with two attached hydrogens (primary N) is 2. The Labute approximate surface area is 164 Å². The first-order valence-corrected chi connectivity index (χ1v) is 10.1. The molecular weight excluding hydrogens is 382 g/mol. The number of anilines is 1. The van der Waals surface area contributed by atoms with Crippen molar-refractivity contribution in [2.45, 2.75) is 31.4 Å². The molecule has 2 amide bonds. The van der Waals surface area contributed by atoms with Gasteiger partial charge in [0, 0.05) is 0 Å². The molecule has 8 nitrogen and oxygen atoms in total. The largest absolute Gasteiger partial charge is 0.444 e. The number of hydrogen-bond donors (Lipinski definition) is 2. The first-order valence-electron chi connectivity index (χ1n) is 8.54. The van der Waals surface area contributed by atoms with Crippen LogP contribution in [0.4, 0.5) is 10.5 Å². The minimum Gasteiger partial charge on any atom is -0.444 e. The normalized spacial score (nSPS) is 12.5. The molecule has 0 spiro atoms. The molecule has 4 N–H and O–H groups in total. The van der Waals surface area contributed by atoms with Crippen molar-refractivity contribution in [2.24, 2.45) is 16.8 Å². The summed E-state index contributed by atoms with van der Waals surface area (Å²) in [6, 6.07) is 13.0. The highest BCUT2D eigenvalue weighted by Gasteiger charge is 2.31. The fourth-order valence-electron chi connectivity index (χ4n) is 2.33. The monoisotopic (exact) mass is 405 g/mol. The number of rotatable bonds is 6. The summed E-state index contributed by atoms with van der Waals surface area (Å²) in [5, 5.41) is 5.08. The summed E-state index contributed by atoms with van der Waals surface area (Å²) in [4.78, 5) is 26.1. The van der Waals surface area contributed by atoms with Crippen LogP contribution in [0.3, 0.4) is 0 Å². The van der Waals surface area contributed by atoms with E-state index in [0.717, 1.165) is 10.5 Å². The van der Waals surface area contributed by atoms with Crippen LogP contribution in [0.2, 0.25) is 0 Å². The highest BCUT2D eigenvalue weighted by Crippen LogP contribution is 2.21. The minimum atomic E-state index is -3.91. The number of carbonyl (C=O) groups is 2. The summed E-state index contributed by atoms with van der Waals surface area (Å²) < 4.78 is 28.1. The molecule has 0 aliphatic carbocycles. The van der Waals surface area contributed by atoms with E-state index in [-0.39, 0.29) is 23.1 Å². The molecule has 0 saturated carbocycles. The third-order valence-corrected chi connectivity index (χ3v) is 4.96. The predicted octanol–water partition coefficient (Wildman–Crippen LogP) is 1.99. The molecule has 0 aliphatic heterocycles. The maximum absolute atomic E-state index is 12.8. The number of primary sulfonamides is 1. The standard InChI is InChI=1S/C19H23N3O5S/c1-13(2)17(20)18(23)22(15-8-10-16(11-9-15)28(21,25)26)19(24)27-12-14-6-4-3-5-7-14/h3-11,13,17H,12,20H2,1-2H3,(H2,21,25,26)/t17-/m0/s1. The zero-order valence-electron chi connectivity index (χ0n) is 15.6. The van der Waals surface area contributed by atoms with E-state index in [4.69, 9.17) is 15.6 Å². The van der Waals surface area contributed by atoms with E-state index in [2.05, 4.69) is 0 Å². The van der Waals surface area contributed by atoms with E-state index in [1.54, 1.807) is 38.1 Å². The van der Waals surface area contributed by atoms with E-state index < -0.39 is 28.1 Å². The Hall–Kier alpha value is -2.75. The van der Waals surface area contributed by atoms with E-state index in [1.165, 1.54) is 24.3 Å². The Morgan fingerprint density at radius 2 is 1.61 bits per heavy atom. The van der Waals surface area contributed by atoms with Gasteiger partial charge in [-0.1, -0.05) is 44.2 Å². The second-order valence-electron chi connectivity index (χ2n) is 6.52. The molecule has 2 aromatic carbocycles. The van der Waals surface area contributed by atoms with Crippen molar-refractivity contribution in [3.8, 4) is 0 Å². The van der Waals surface area contributed by atoms with E-state index in [9.17, 15) is 18.0 Å². The van der Waals surface area contributed by atoms with Gasteiger partial charge in [-0.15, -0.1) is 0 Å². The Bertz CT molecular complexity index is 928. The van der Waals surface area contributed by atoms with Gasteiger partial charge in [-0.25, -0.2) is 23.3 Å². The number of carbonyl (C=O) groups excluding carboxylic acids is 2. The van der Waals surface area contributed by atoms with Gasteiger partial charge in [0.1, 0.15) is 6.61 Å². The smallest absolute Gasteiger partial charge is 0.421 e. The Morgan fingerprint density at radius 1 is 1.04 bits per heavy atom. The van der Waals surface area contributed by atoms with Crippen molar-refractivity contribution in [1.29, 1.82) is 0 Å². The van der Waals surface area contributed by atoms with Gasteiger partial charge in [-0.3, -0.25) is 4.79 Å². The van der Waals surface area contributed by atoms with Gasteiger partial charge in [0.25, 0.3) is 5.91 Å². The van der Waals surface area contributed by atoms with Crippen LogP contribution in [0, 0.1) is 5.92 Å². The number of imide groups is 1. The molecule has 1 atom stereocenters. The van der Waals surface area contributed by atoms with Crippen LogP contribution in [-0.4, -0.2) is 26.5 Å². The molecule has 0 radical (unpaired) electrons. The van der Waals surface area contributed by atoms with E-state index in [0.29, 0.717) is 0 Å². The average molecular weight is 405 g/mol. The number of amides is 2. The van der Waals surface area contributed by atoms with Gasteiger partial charge in [-0.05, 0) is 35.7 Å². The maximum atomic E-state index is 12.8. The van der Waals surface area contributed by atoms with Crippen LogP contribution in [0.1, 0.15) is 19.4 Å². The third-order valence-electron chi connectivity index (χ3n) is 4.03. The summed E-state index contributed by atoms with van der Waals surface area (Å²) in [6.45, 7) is 3.47. The van der Waals surface area contributed by atoms with Gasteiger partial charge in [-0.2, -0.15) is 0 Å². The number of sulfonamides is 1. The van der Waals surface area contributed by atoms with Gasteiger partial charge >= 0.3 is 6.09 Å². The fourth-order valence-corrected chi connectivity index (χ4v) is 2.84. The lowest BCUT2D eigenvalue weighted by atomic mass is 10.0.